The summed E-state index contributed by atoms with van der Waals surface area (Å²) in [4.78, 5) is 14.9. The zero-order valence-corrected chi connectivity index (χ0v) is 15.9. The average Bonchev–Trinajstić information content (AvgIpc) is 3.18. The molecule has 2 aromatic carbocycles. The Balaban J connectivity index is 1.71. The number of nitrogens with one attached hydrogen (secondary N) is 1. The highest BCUT2D eigenvalue weighted by Gasteiger charge is 2.35. The summed E-state index contributed by atoms with van der Waals surface area (Å²) in [7, 11) is 0. The van der Waals surface area contributed by atoms with Gasteiger partial charge in [-0.3, -0.25) is 4.79 Å². The van der Waals surface area contributed by atoms with E-state index in [4.69, 9.17) is 4.42 Å². The molecule has 0 radical (unpaired) electrons. The molecular weight excluding hydrogens is 336 g/mol. The number of hydrogen-bond donors (Lipinski definition) is 1. The van der Waals surface area contributed by atoms with Gasteiger partial charge in [-0.05, 0) is 63.1 Å². The van der Waals surface area contributed by atoms with Gasteiger partial charge in [0, 0.05) is 17.4 Å². The summed E-state index contributed by atoms with van der Waals surface area (Å²) in [6.45, 7) is 6.26. The van der Waals surface area contributed by atoms with Crippen molar-refractivity contribution in [1.82, 2.24) is 0 Å². The second-order valence-corrected chi connectivity index (χ2v) is 7.36. The molecule has 0 aliphatic carbocycles. The van der Waals surface area contributed by atoms with Crippen LogP contribution in [0.4, 0.5) is 11.4 Å². The van der Waals surface area contributed by atoms with Gasteiger partial charge in [0.1, 0.15) is 0 Å². The fraction of sp³-hybridized carbons (Fsp3) is 0.261. The molecule has 0 spiro atoms. The van der Waals surface area contributed by atoms with Crippen molar-refractivity contribution < 1.29 is 9.21 Å². The van der Waals surface area contributed by atoms with Gasteiger partial charge >= 0.3 is 0 Å². The van der Waals surface area contributed by atoms with Crippen LogP contribution < -0.4 is 10.2 Å². The van der Waals surface area contributed by atoms with E-state index in [1.54, 1.807) is 18.4 Å². The molecule has 1 aromatic heterocycles. The van der Waals surface area contributed by atoms with E-state index < -0.39 is 0 Å². The Morgan fingerprint density at radius 1 is 1.07 bits per heavy atom. The minimum atomic E-state index is -0.0913. The van der Waals surface area contributed by atoms with Gasteiger partial charge < -0.3 is 14.6 Å². The van der Waals surface area contributed by atoms with Gasteiger partial charge in [0.25, 0.3) is 5.91 Å². The summed E-state index contributed by atoms with van der Waals surface area (Å²) < 4.78 is 5.36. The van der Waals surface area contributed by atoms with Crippen LogP contribution >= 0.6 is 0 Å². The van der Waals surface area contributed by atoms with Crippen molar-refractivity contribution >= 4 is 17.3 Å². The van der Waals surface area contributed by atoms with E-state index in [0.29, 0.717) is 5.76 Å². The predicted molar refractivity (Wildman–Crippen MR) is 108 cm³/mol. The Labute approximate surface area is 159 Å². The van der Waals surface area contributed by atoms with E-state index in [-0.39, 0.29) is 18.0 Å². The number of fused-ring (bicyclic) bond motifs is 1. The Hall–Kier alpha value is -3.01. The predicted octanol–water partition coefficient (Wildman–Crippen LogP) is 5.49. The molecule has 0 fully saturated rings. The van der Waals surface area contributed by atoms with Crippen LogP contribution in [0.1, 0.15) is 46.6 Å². The highest BCUT2D eigenvalue weighted by molar-refractivity contribution is 6.05. The first kappa shape index (κ1) is 17.4. The van der Waals surface area contributed by atoms with Gasteiger partial charge in [0.2, 0.25) is 0 Å². The van der Waals surface area contributed by atoms with E-state index in [2.05, 4.69) is 62.5 Å². The van der Waals surface area contributed by atoms with Crippen LogP contribution in [0.3, 0.4) is 0 Å². The monoisotopic (exact) mass is 360 g/mol. The van der Waals surface area contributed by atoms with E-state index in [9.17, 15) is 4.79 Å². The molecule has 0 bridgehead atoms. The molecule has 1 amide bonds. The van der Waals surface area contributed by atoms with E-state index in [1.165, 1.54) is 11.1 Å². The smallest absolute Gasteiger partial charge is 0.294 e. The number of hydrogen-bond acceptors (Lipinski definition) is 3. The Bertz CT molecular complexity index is 945. The van der Waals surface area contributed by atoms with Crippen molar-refractivity contribution in [2.75, 3.05) is 10.2 Å². The normalized spacial score (nSPS) is 18.9. The quantitative estimate of drug-likeness (QED) is 0.672. The molecule has 4 rings (SSSR count). The van der Waals surface area contributed by atoms with Crippen LogP contribution in [0.5, 0.6) is 0 Å². The third-order valence-corrected chi connectivity index (χ3v) is 5.18. The third-order valence-electron chi connectivity index (χ3n) is 5.18. The largest absolute Gasteiger partial charge is 0.459 e. The van der Waals surface area contributed by atoms with Crippen molar-refractivity contribution in [3.63, 3.8) is 0 Å². The number of benzene rings is 2. The van der Waals surface area contributed by atoms with Crippen molar-refractivity contribution in [2.24, 2.45) is 0 Å². The number of carbonyl (C=O) groups excluding carboxylic acids is 1. The molecule has 1 aliphatic heterocycles. The van der Waals surface area contributed by atoms with Gasteiger partial charge in [0.05, 0.1) is 12.3 Å². The summed E-state index contributed by atoms with van der Waals surface area (Å²) in [5, 5.41) is 3.65. The third kappa shape index (κ3) is 3.35. The first-order valence-corrected chi connectivity index (χ1v) is 9.34. The fourth-order valence-corrected chi connectivity index (χ4v) is 3.80. The van der Waals surface area contributed by atoms with Gasteiger partial charge in [-0.2, -0.15) is 0 Å². The maximum absolute atomic E-state index is 13.0. The topological polar surface area (TPSA) is 45.5 Å². The lowest BCUT2D eigenvalue weighted by Gasteiger charge is -2.39. The summed E-state index contributed by atoms with van der Waals surface area (Å²) in [5.41, 5.74) is 5.61. The summed E-state index contributed by atoms with van der Waals surface area (Å²) in [6, 6.07) is 18.4. The van der Waals surface area contributed by atoms with Gasteiger partial charge in [0.15, 0.2) is 5.76 Å². The number of amides is 1. The van der Waals surface area contributed by atoms with Gasteiger partial charge in [-0.15, -0.1) is 0 Å². The van der Waals surface area contributed by atoms with Crippen LogP contribution in [-0.4, -0.2) is 11.9 Å². The molecule has 0 saturated carbocycles. The minimum absolute atomic E-state index is 0.0563. The lowest BCUT2D eigenvalue weighted by Crippen LogP contribution is -2.44. The Kier molecular flexibility index (Phi) is 4.48. The highest BCUT2D eigenvalue weighted by Crippen LogP contribution is 2.40. The van der Waals surface area contributed by atoms with E-state index in [0.717, 1.165) is 23.4 Å². The molecule has 138 valence electrons. The molecule has 3 aromatic rings. The second-order valence-electron chi connectivity index (χ2n) is 7.36. The van der Waals surface area contributed by atoms with E-state index in [1.807, 2.05) is 11.0 Å². The first-order chi connectivity index (χ1) is 13.0. The maximum atomic E-state index is 13.0. The van der Waals surface area contributed by atoms with Crippen LogP contribution in [-0.2, 0) is 0 Å². The number of rotatable bonds is 3. The lowest BCUT2D eigenvalue weighted by atomic mass is 9.90. The molecular formula is C23H24N2O2. The second kappa shape index (κ2) is 6.95. The maximum Gasteiger partial charge on any atom is 0.294 e. The standard InChI is InChI=1S/C23H24N2O2/c1-15-6-9-18(10-7-15)24-20-14-17(3)25(23(26)22-5-4-12-27-22)21-11-8-16(2)13-19(20)21/h4-13,17,20,24H,14H2,1-3H3/t17-,20-/m0/s1. The summed E-state index contributed by atoms with van der Waals surface area (Å²) >= 11 is 0. The van der Waals surface area contributed by atoms with Crippen molar-refractivity contribution in [3.8, 4) is 0 Å². The van der Waals surface area contributed by atoms with Gasteiger partial charge in [-0.25, -0.2) is 0 Å². The number of anilines is 2. The molecule has 2 heterocycles. The van der Waals surface area contributed by atoms with Crippen molar-refractivity contribution in [3.05, 3.63) is 83.3 Å². The zero-order valence-electron chi connectivity index (χ0n) is 15.9. The summed E-state index contributed by atoms with van der Waals surface area (Å²) in [6.07, 6.45) is 2.37. The zero-order chi connectivity index (χ0) is 19.0. The highest BCUT2D eigenvalue weighted by atomic mass is 16.3. The summed E-state index contributed by atoms with van der Waals surface area (Å²) in [5.74, 6) is 0.282. The number of nitrogens with zero attached hydrogens (tertiary/aromatic N) is 1. The van der Waals surface area contributed by atoms with Crippen LogP contribution in [0.25, 0.3) is 0 Å². The SMILES string of the molecule is Cc1ccc(N[C@H]2C[C@H](C)N(C(=O)c3ccco3)c3ccc(C)cc32)cc1. The molecule has 2 atom stereocenters. The van der Waals surface area contributed by atoms with Crippen LogP contribution in [0.2, 0.25) is 0 Å². The minimum Gasteiger partial charge on any atom is -0.459 e. The number of aryl methyl sites for hydroxylation is 2. The average molecular weight is 360 g/mol. The molecule has 4 nitrogen and oxygen atoms in total. The number of carbonyl (C=O) groups is 1. The molecule has 1 N–H and O–H groups in total. The number of furan rings is 1. The molecule has 4 heteroatoms. The van der Waals surface area contributed by atoms with Crippen LogP contribution in [0.15, 0.2) is 65.3 Å². The van der Waals surface area contributed by atoms with Crippen LogP contribution in [0, 0.1) is 13.8 Å². The van der Waals surface area contributed by atoms with E-state index >= 15 is 0 Å². The Morgan fingerprint density at radius 2 is 1.81 bits per heavy atom. The van der Waals surface area contributed by atoms with Crippen molar-refractivity contribution in [2.45, 2.75) is 39.3 Å². The molecule has 1 aliphatic rings. The lowest BCUT2D eigenvalue weighted by molar-refractivity contribution is 0.0947. The molecule has 0 saturated heterocycles. The first-order valence-electron chi connectivity index (χ1n) is 9.34. The fourth-order valence-electron chi connectivity index (χ4n) is 3.80. The van der Waals surface area contributed by atoms with Crippen molar-refractivity contribution in [1.29, 1.82) is 0 Å². The Morgan fingerprint density at radius 3 is 2.52 bits per heavy atom. The molecule has 27 heavy (non-hydrogen) atoms. The van der Waals surface area contributed by atoms with Gasteiger partial charge in [-0.1, -0.05) is 35.4 Å². The molecule has 0 unspecified atom stereocenters.